The Kier molecular flexibility index (Phi) is 4.08. The molecule has 0 atom stereocenters. The fraction of sp³-hybridized carbons (Fsp3) is 0.625. The quantitative estimate of drug-likeness (QED) is 0.806. The van der Waals surface area contributed by atoms with Gasteiger partial charge in [-0.3, -0.25) is 0 Å². The van der Waals surface area contributed by atoms with E-state index in [0.717, 1.165) is 19.6 Å². The summed E-state index contributed by atoms with van der Waals surface area (Å²) in [6, 6.07) is 4.50. The monoisotopic (exact) mass is 246 g/mol. The van der Waals surface area contributed by atoms with Crippen LogP contribution in [0, 0.1) is 26.2 Å². The number of rotatable bonds is 6. The highest BCUT2D eigenvalue weighted by atomic mass is 14.9. The summed E-state index contributed by atoms with van der Waals surface area (Å²) >= 11 is 0. The van der Waals surface area contributed by atoms with Crippen LogP contribution in [0.3, 0.4) is 0 Å². The molecule has 1 saturated carbocycles. The van der Waals surface area contributed by atoms with E-state index in [1.165, 1.54) is 35.1 Å². The molecular weight excluding hydrogens is 220 g/mol. The number of benzene rings is 1. The standard InChI is InChI=1S/C16H26N2/c1-12-5-6-15(14(3)13(12)2)9-18-11-16(7-8-16)10-17-4/h5-6,17-18H,7-11H2,1-4H3. The normalized spacial score (nSPS) is 16.9. The molecule has 2 nitrogen and oxygen atoms in total. The molecule has 0 unspecified atom stereocenters. The average molecular weight is 246 g/mol. The maximum atomic E-state index is 3.64. The van der Waals surface area contributed by atoms with Crippen LogP contribution >= 0.6 is 0 Å². The van der Waals surface area contributed by atoms with Gasteiger partial charge in [0.05, 0.1) is 0 Å². The van der Waals surface area contributed by atoms with Gasteiger partial charge < -0.3 is 10.6 Å². The lowest BCUT2D eigenvalue weighted by Gasteiger charge is -2.17. The molecule has 2 rings (SSSR count). The van der Waals surface area contributed by atoms with Crippen molar-refractivity contribution in [3.8, 4) is 0 Å². The smallest absolute Gasteiger partial charge is 0.0208 e. The molecule has 0 radical (unpaired) electrons. The van der Waals surface area contributed by atoms with Crippen molar-refractivity contribution in [3.05, 3.63) is 34.4 Å². The third kappa shape index (κ3) is 2.93. The predicted octanol–water partition coefficient (Wildman–Crippen LogP) is 2.70. The Morgan fingerprint density at radius 2 is 1.78 bits per heavy atom. The van der Waals surface area contributed by atoms with E-state index in [1.807, 2.05) is 7.05 Å². The summed E-state index contributed by atoms with van der Waals surface area (Å²) in [7, 11) is 2.05. The van der Waals surface area contributed by atoms with E-state index < -0.39 is 0 Å². The van der Waals surface area contributed by atoms with Crippen molar-refractivity contribution in [2.75, 3.05) is 20.1 Å². The summed E-state index contributed by atoms with van der Waals surface area (Å²) in [5, 5.41) is 6.94. The lowest BCUT2D eigenvalue weighted by Crippen LogP contribution is -2.31. The Balaban J connectivity index is 1.89. The molecule has 0 saturated heterocycles. The molecule has 0 aromatic heterocycles. The third-order valence-electron chi connectivity index (χ3n) is 4.49. The van der Waals surface area contributed by atoms with Crippen molar-refractivity contribution in [3.63, 3.8) is 0 Å². The first kappa shape index (κ1) is 13.6. The van der Waals surface area contributed by atoms with Crippen LogP contribution in [0.25, 0.3) is 0 Å². The highest BCUT2D eigenvalue weighted by Gasteiger charge is 2.41. The molecule has 100 valence electrons. The third-order valence-corrected chi connectivity index (χ3v) is 4.49. The fourth-order valence-corrected chi connectivity index (χ4v) is 2.63. The molecule has 1 fully saturated rings. The van der Waals surface area contributed by atoms with Crippen LogP contribution in [-0.2, 0) is 6.54 Å². The van der Waals surface area contributed by atoms with Gasteiger partial charge in [-0.05, 0) is 68.3 Å². The molecule has 0 heterocycles. The van der Waals surface area contributed by atoms with Crippen molar-refractivity contribution in [2.24, 2.45) is 5.41 Å². The van der Waals surface area contributed by atoms with E-state index in [2.05, 4.69) is 43.5 Å². The van der Waals surface area contributed by atoms with Crippen molar-refractivity contribution < 1.29 is 0 Å². The van der Waals surface area contributed by atoms with Gasteiger partial charge in [0, 0.05) is 19.6 Å². The zero-order chi connectivity index (χ0) is 13.2. The molecule has 1 aromatic rings. The van der Waals surface area contributed by atoms with Gasteiger partial charge in [-0.25, -0.2) is 0 Å². The predicted molar refractivity (Wildman–Crippen MR) is 78.0 cm³/mol. The molecule has 2 N–H and O–H groups in total. The lowest BCUT2D eigenvalue weighted by atomic mass is 9.98. The van der Waals surface area contributed by atoms with Crippen LogP contribution in [-0.4, -0.2) is 20.1 Å². The SMILES string of the molecule is CNCC1(CNCc2ccc(C)c(C)c2C)CC1. The van der Waals surface area contributed by atoms with Crippen molar-refractivity contribution >= 4 is 0 Å². The minimum absolute atomic E-state index is 0.544. The Morgan fingerprint density at radius 3 is 2.39 bits per heavy atom. The Hall–Kier alpha value is -0.860. The lowest BCUT2D eigenvalue weighted by molar-refractivity contribution is 0.438. The Morgan fingerprint density at radius 1 is 1.06 bits per heavy atom. The Bertz CT molecular complexity index is 419. The van der Waals surface area contributed by atoms with Crippen LogP contribution < -0.4 is 10.6 Å². The van der Waals surface area contributed by atoms with Crippen LogP contribution in [0.5, 0.6) is 0 Å². The molecule has 0 spiro atoms. The summed E-state index contributed by atoms with van der Waals surface area (Å²) in [6.45, 7) is 9.92. The topological polar surface area (TPSA) is 24.1 Å². The average Bonchev–Trinajstić information content (AvgIpc) is 3.10. The number of nitrogens with one attached hydrogen (secondary N) is 2. The van der Waals surface area contributed by atoms with Gasteiger partial charge in [0.25, 0.3) is 0 Å². The van der Waals surface area contributed by atoms with E-state index in [4.69, 9.17) is 0 Å². The first-order valence-corrected chi connectivity index (χ1v) is 6.99. The minimum atomic E-state index is 0.544. The van der Waals surface area contributed by atoms with Gasteiger partial charge in [-0.15, -0.1) is 0 Å². The summed E-state index contributed by atoms with van der Waals surface area (Å²) in [5.41, 5.74) is 6.26. The van der Waals surface area contributed by atoms with E-state index in [-0.39, 0.29) is 0 Å². The second kappa shape index (κ2) is 5.41. The van der Waals surface area contributed by atoms with Gasteiger partial charge in [-0.2, -0.15) is 0 Å². The number of hydrogen-bond donors (Lipinski definition) is 2. The Labute approximate surface area is 111 Å². The summed E-state index contributed by atoms with van der Waals surface area (Å²) in [6.07, 6.45) is 2.74. The molecule has 0 aliphatic heterocycles. The van der Waals surface area contributed by atoms with E-state index in [9.17, 15) is 0 Å². The molecule has 0 bridgehead atoms. The molecule has 1 aliphatic rings. The van der Waals surface area contributed by atoms with Gasteiger partial charge in [-0.1, -0.05) is 12.1 Å². The zero-order valence-corrected chi connectivity index (χ0v) is 12.2. The zero-order valence-electron chi connectivity index (χ0n) is 12.2. The van der Waals surface area contributed by atoms with Gasteiger partial charge in [0.1, 0.15) is 0 Å². The van der Waals surface area contributed by atoms with Crippen LogP contribution in [0.15, 0.2) is 12.1 Å². The molecule has 1 aliphatic carbocycles. The van der Waals surface area contributed by atoms with Crippen LogP contribution in [0.4, 0.5) is 0 Å². The summed E-state index contributed by atoms with van der Waals surface area (Å²) in [5.74, 6) is 0. The molecule has 2 heteroatoms. The highest BCUT2D eigenvalue weighted by Crippen LogP contribution is 2.44. The first-order chi connectivity index (χ1) is 8.58. The van der Waals surface area contributed by atoms with Crippen LogP contribution in [0.1, 0.15) is 35.1 Å². The second-order valence-electron chi connectivity index (χ2n) is 5.93. The van der Waals surface area contributed by atoms with Crippen molar-refractivity contribution in [2.45, 2.75) is 40.2 Å². The van der Waals surface area contributed by atoms with E-state index in [1.54, 1.807) is 0 Å². The van der Waals surface area contributed by atoms with Crippen LogP contribution in [0.2, 0.25) is 0 Å². The molecule has 1 aromatic carbocycles. The van der Waals surface area contributed by atoms with Crippen molar-refractivity contribution in [1.82, 2.24) is 10.6 Å². The maximum absolute atomic E-state index is 3.64. The van der Waals surface area contributed by atoms with Gasteiger partial charge in [0.2, 0.25) is 0 Å². The second-order valence-corrected chi connectivity index (χ2v) is 5.93. The fourth-order valence-electron chi connectivity index (χ4n) is 2.63. The number of hydrogen-bond acceptors (Lipinski definition) is 2. The first-order valence-electron chi connectivity index (χ1n) is 6.99. The largest absolute Gasteiger partial charge is 0.319 e. The van der Waals surface area contributed by atoms with Crippen molar-refractivity contribution in [1.29, 1.82) is 0 Å². The summed E-state index contributed by atoms with van der Waals surface area (Å²) in [4.78, 5) is 0. The van der Waals surface area contributed by atoms with Gasteiger partial charge in [0.15, 0.2) is 0 Å². The minimum Gasteiger partial charge on any atom is -0.319 e. The van der Waals surface area contributed by atoms with E-state index >= 15 is 0 Å². The van der Waals surface area contributed by atoms with E-state index in [0.29, 0.717) is 5.41 Å². The summed E-state index contributed by atoms with van der Waals surface area (Å²) < 4.78 is 0. The van der Waals surface area contributed by atoms with Gasteiger partial charge >= 0.3 is 0 Å². The number of aryl methyl sites for hydroxylation is 1. The molecule has 18 heavy (non-hydrogen) atoms. The highest BCUT2D eigenvalue weighted by molar-refractivity contribution is 5.38. The molecular formula is C16H26N2. The molecule has 0 amide bonds. The maximum Gasteiger partial charge on any atom is 0.0208 e.